The van der Waals surface area contributed by atoms with Gasteiger partial charge in [0.15, 0.2) is 0 Å². The topological polar surface area (TPSA) is 97.6 Å². The van der Waals surface area contributed by atoms with Crippen LogP contribution < -0.4 is 16.4 Å². The van der Waals surface area contributed by atoms with Gasteiger partial charge >= 0.3 is 0 Å². The molecule has 0 aromatic carbocycles. The lowest BCUT2D eigenvalue weighted by molar-refractivity contribution is 0.0276. The normalized spacial score (nSPS) is 24.8. The highest BCUT2D eigenvalue weighted by molar-refractivity contribution is 6.33. The van der Waals surface area contributed by atoms with Crippen LogP contribution in [0.15, 0.2) is 30.5 Å². The van der Waals surface area contributed by atoms with Crippen LogP contribution in [0.1, 0.15) is 38.5 Å². The minimum absolute atomic E-state index is 0.261. The second kappa shape index (κ2) is 12.0. The van der Waals surface area contributed by atoms with Gasteiger partial charge in [-0.25, -0.2) is 9.97 Å². The van der Waals surface area contributed by atoms with E-state index >= 15 is 0 Å². The van der Waals surface area contributed by atoms with Crippen molar-refractivity contribution in [1.29, 1.82) is 0 Å². The molecular formula is C27H39ClN6O2. The second-order valence-corrected chi connectivity index (χ2v) is 11.0. The first kappa shape index (κ1) is 25.7. The van der Waals surface area contributed by atoms with Gasteiger partial charge in [-0.05, 0) is 62.6 Å². The lowest BCUT2D eigenvalue weighted by atomic mass is 9.85. The van der Waals surface area contributed by atoms with Gasteiger partial charge in [-0.15, -0.1) is 0 Å². The average molecular weight is 515 g/mol. The van der Waals surface area contributed by atoms with Crippen molar-refractivity contribution in [2.45, 2.75) is 50.1 Å². The smallest absolute Gasteiger partial charge is 0.126 e. The van der Waals surface area contributed by atoms with Gasteiger partial charge in [0.1, 0.15) is 11.6 Å². The summed E-state index contributed by atoms with van der Waals surface area (Å²) >= 11 is 6.56. The first-order valence-corrected chi connectivity index (χ1v) is 13.7. The second-order valence-electron chi connectivity index (χ2n) is 10.6. The van der Waals surface area contributed by atoms with Crippen LogP contribution in [0.2, 0.25) is 5.02 Å². The zero-order chi connectivity index (χ0) is 24.8. The molecule has 2 aromatic rings. The van der Waals surface area contributed by atoms with Crippen LogP contribution in [-0.4, -0.2) is 79.1 Å². The molecule has 0 atom stereocenters. The Morgan fingerprint density at radius 2 is 1.78 bits per heavy atom. The number of nitrogens with zero attached hydrogens (tertiary/aromatic N) is 3. The minimum atomic E-state index is -0.261. The number of nitrogens with one attached hydrogen (secondary N) is 2. The van der Waals surface area contributed by atoms with Gasteiger partial charge in [0, 0.05) is 62.7 Å². The van der Waals surface area contributed by atoms with Gasteiger partial charge in [-0.2, -0.15) is 0 Å². The highest BCUT2D eigenvalue weighted by Crippen LogP contribution is 2.31. The predicted molar refractivity (Wildman–Crippen MR) is 145 cm³/mol. The number of pyridine rings is 2. The molecule has 3 aliphatic rings. The van der Waals surface area contributed by atoms with E-state index in [2.05, 4.69) is 20.5 Å². The van der Waals surface area contributed by atoms with E-state index in [1.807, 2.05) is 24.3 Å². The number of hydrogen-bond acceptors (Lipinski definition) is 8. The standard InChI is InChI=1S/C27H39ClN6O2/c28-23-17-30-26(32-21-6-4-20(5-7-21)18-34-10-14-36-15-11-34)16-22(23)24-2-1-3-25(33-24)31-19-27(29)8-12-35-13-9-27/h1-3,16-17,20-21H,4-15,18-19,29H2,(H,30,32)(H,31,33). The van der Waals surface area contributed by atoms with Gasteiger partial charge in [0.05, 0.1) is 23.9 Å². The van der Waals surface area contributed by atoms with Crippen molar-refractivity contribution in [3.05, 3.63) is 35.5 Å². The quantitative estimate of drug-likeness (QED) is 0.486. The number of aromatic nitrogens is 2. The molecule has 9 heteroatoms. The third-order valence-corrected chi connectivity index (χ3v) is 8.11. The summed E-state index contributed by atoms with van der Waals surface area (Å²) in [5.41, 5.74) is 7.97. The molecule has 36 heavy (non-hydrogen) atoms. The van der Waals surface area contributed by atoms with Crippen molar-refractivity contribution in [2.75, 3.05) is 63.2 Å². The Kier molecular flexibility index (Phi) is 8.59. The van der Waals surface area contributed by atoms with Crippen molar-refractivity contribution in [3.63, 3.8) is 0 Å². The maximum Gasteiger partial charge on any atom is 0.126 e. The Morgan fingerprint density at radius 1 is 1.03 bits per heavy atom. The third kappa shape index (κ3) is 6.86. The molecule has 0 unspecified atom stereocenters. The van der Waals surface area contributed by atoms with E-state index < -0.39 is 0 Å². The molecule has 1 saturated carbocycles. The van der Waals surface area contributed by atoms with Crippen molar-refractivity contribution < 1.29 is 9.47 Å². The average Bonchev–Trinajstić information content (AvgIpc) is 2.91. The maximum absolute atomic E-state index is 6.56. The minimum Gasteiger partial charge on any atom is -0.381 e. The summed E-state index contributed by atoms with van der Waals surface area (Å²) in [6, 6.07) is 8.41. The molecule has 3 fully saturated rings. The number of hydrogen-bond donors (Lipinski definition) is 3. The molecule has 0 radical (unpaired) electrons. The fraction of sp³-hybridized carbons (Fsp3) is 0.630. The van der Waals surface area contributed by atoms with Crippen LogP contribution in [0.5, 0.6) is 0 Å². The van der Waals surface area contributed by atoms with Crippen LogP contribution in [0, 0.1) is 5.92 Å². The van der Waals surface area contributed by atoms with Crippen molar-refractivity contribution in [2.24, 2.45) is 11.7 Å². The molecule has 8 nitrogen and oxygen atoms in total. The highest BCUT2D eigenvalue weighted by atomic mass is 35.5. The number of ether oxygens (including phenoxy) is 2. The Morgan fingerprint density at radius 3 is 2.56 bits per heavy atom. The molecule has 4 N–H and O–H groups in total. The summed E-state index contributed by atoms with van der Waals surface area (Å²) in [4.78, 5) is 11.9. The van der Waals surface area contributed by atoms with Crippen LogP contribution >= 0.6 is 11.6 Å². The molecule has 196 valence electrons. The van der Waals surface area contributed by atoms with Crippen LogP contribution in [0.4, 0.5) is 11.6 Å². The Balaban J connectivity index is 1.17. The van der Waals surface area contributed by atoms with Gasteiger partial charge in [0.2, 0.25) is 0 Å². The number of rotatable bonds is 8. The number of morpholine rings is 1. The molecule has 2 saturated heterocycles. The lowest BCUT2D eigenvalue weighted by Crippen LogP contribution is -2.50. The zero-order valence-corrected chi connectivity index (χ0v) is 21.8. The summed E-state index contributed by atoms with van der Waals surface area (Å²) in [5.74, 6) is 2.43. The molecule has 2 aliphatic heterocycles. The van der Waals surface area contributed by atoms with Crippen molar-refractivity contribution in [3.8, 4) is 11.3 Å². The first-order chi connectivity index (χ1) is 17.6. The molecule has 0 spiro atoms. The van der Waals surface area contributed by atoms with E-state index in [1.54, 1.807) is 6.20 Å². The van der Waals surface area contributed by atoms with Gasteiger partial charge in [-0.3, -0.25) is 4.90 Å². The summed E-state index contributed by atoms with van der Waals surface area (Å²) in [6.45, 7) is 7.18. The Labute approximate surface area is 219 Å². The van der Waals surface area contributed by atoms with E-state index in [0.717, 1.165) is 80.8 Å². The molecule has 1 aliphatic carbocycles. The fourth-order valence-electron chi connectivity index (χ4n) is 5.47. The van der Waals surface area contributed by atoms with E-state index in [0.29, 0.717) is 30.8 Å². The van der Waals surface area contributed by atoms with Crippen molar-refractivity contribution >= 4 is 23.2 Å². The molecule has 4 heterocycles. The number of anilines is 2. The van der Waals surface area contributed by atoms with E-state index in [4.69, 9.17) is 31.8 Å². The summed E-state index contributed by atoms with van der Waals surface area (Å²) in [5, 5.41) is 7.67. The number of nitrogens with two attached hydrogens (primary N) is 1. The molecule has 0 bridgehead atoms. The van der Waals surface area contributed by atoms with Crippen LogP contribution in [-0.2, 0) is 9.47 Å². The summed E-state index contributed by atoms with van der Waals surface area (Å²) in [7, 11) is 0. The van der Waals surface area contributed by atoms with E-state index in [-0.39, 0.29) is 5.54 Å². The molecule has 5 rings (SSSR count). The third-order valence-electron chi connectivity index (χ3n) is 7.81. The van der Waals surface area contributed by atoms with Crippen molar-refractivity contribution in [1.82, 2.24) is 14.9 Å². The largest absolute Gasteiger partial charge is 0.381 e. The Hall–Kier alpha value is -1.97. The van der Waals surface area contributed by atoms with Crippen LogP contribution in [0.3, 0.4) is 0 Å². The van der Waals surface area contributed by atoms with Gasteiger partial charge < -0.3 is 25.8 Å². The van der Waals surface area contributed by atoms with Gasteiger partial charge in [-0.1, -0.05) is 17.7 Å². The monoisotopic (exact) mass is 514 g/mol. The van der Waals surface area contributed by atoms with Crippen LogP contribution in [0.25, 0.3) is 11.3 Å². The first-order valence-electron chi connectivity index (χ1n) is 13.4. The summed E-state index contributed by atoms with van der Waals surface area (Å²) < 4.78 is 10.9. The predicted octanol–water partition coefficient (Wildman–Crippen LogP) is 4.02. The fourth-order valence-corrected chi connectivity index (χ4v) is 5.67. The summed E-state index contributed by atoms with van der Waals surface area (Å²) in [6.07, 6.45) is 8.25. The highest BCUT2D eigenvalue weighted by Gasteiger charge is 2.28. The van der Waals surface area contributed by atoms with Gasteiger partial charge in [0.25, 0.3) is 0 Å². The molecular weight excluding hydrogens is 476 g/mol. The maximum atomic E-state index is 6.56. The SMILES string of the molecule is NC1(CNc2cccc(-c3cc(NC4CCC(CN5CCOCC5)CC4)ncc3Cl)n2)CCOCC1. The molecule has 0 amide bonds. The van der Waals surface area contributed by atoms with E-state index in [9.17, 15) is 0 Å². The van der Waals surface area contributed by atoms with E-state index in [1.165, 1.54) is 19.4 Å². The Bertz CT molecular complexity index is 988. The molecule has 2 aromatic heterocycles. The number of halogens is 1. The zero-order valence-electron chi connectivity index (χ0n) is 21.1. The lowest BCUT2D eigenvalue weighted by Gasteiger charge is -2.34.